The van der Waals surface area contributed by atoms with Crippen LogP contribution in [0.1, 0.15) is 18.5 Å². The maximum atomic E-state index is 10.6. The molecule has 0 amide bonds. The van der Waals surface area contributed by atoms with Crippen molar-refractivity contribution in [2.45, 2.75) is 13.0 Å². The molecular formula is C15H15N3O2S. The molecule has 0 aliphatic heterocycles. The minimum Gasteiger partial charge on any atom is -0.356 e. The molecule has 2 rings (SSSR count). The van der Waals surface area contributed by atoms with Crippen LogP contribution < -0.4 is 10.6 Å². The van der Waals surface area contributed by atoms with Crippen LogP contribution in [0.4, 0.5) is 11.4 Å². The highest BCUT2D eigenvalue weighted by molar-refractivity contribution is 7.80. The summed E-state index contributed by atoms with van der Waals surface area (Å²) in [5.74, 6) is 0. The van der Waals surface area contributed by atoms with Gasteiger partial charge in [-0.25, -0.2) is 0 Å². The molecule has 108 valence electrons. The number of non-ortho nitro benzene ring substituents is 1. The van der Waals surface area contributed by atoms with E-state index in [0.717, 1.165) is 5.56 Å². The fraction of sp³-hybridized carbons (Fsp3) is 0.133. The first-order valence-electron chi connectivity index (χ1n) is 6.43. The molecule has 0 bridgehead atoms. The summed E-state index contributed by atoms with van der Waals surface area (Å²) in [7, 11) is 0. The van der Waals surface area contributed by atoms with Gasteiger partial charge in [-0.15, -0.1) is 0 Å². The summed E-state index contributed by atoms with van der Waals surface area (Å²) in [5, 5.41) is 17.2. The Bertz CT molecular complexity index is 629. The van der Waals surface area contributed by atoms with E-state index in [4.69, 9.17) is 12.2 Å². The van der Waals surface area contributed by atoms with Gasteiger partial charge in [0.05, 0.1) is 11.0 Å². The maximum absolute atomic E-state index is 10.6. The minimum absolute atomic E-state index is 0.0529. The Morgan fingerprint density at radius 3 is 2.33 bits per heavy atom. The van der Waals surface area contributed by atoms with Gasteiger partial charge in [0.1, 0.15) is 0 Å². The summed E-state index contributed by atoms with van der Waals surface area (Å²) in [4.78, 5) is 10.2. The Balaban J connectivity index is 1.94. The number of rotatable bonds is 4. The summed E-state index contributed by atoms with van der Waals surface area (Å²) < 4.78 is 0. The molecule has 0 fully saturated rings. The van der Waals surface area contributed by atoms with E-state index in [-0.39, 0.29) is 11.7 Å². The predicted octanol–water partition coefficient (Wildman–Crippen LogP) is 3.64. The molecule has 0 aliphatic rings. The number of nitrogens with one attached hydrogen (secondary N) is 2. The van der Waals surface area contributed by atoms with Crippen LogP contribution in [0.15, 0.2) is 54.6 Å². The Morgan fingerprint density at radius 1 is 1.14 bits per heavy atom. The normalized spacial score (nSPS) is 11.5. The number of hydrogen-bond acceptors (Lipinski definition) is 3. The standard InChI is InChI=1S/C15H15N3O2S/c1-11(12-5-3-2-4-6-12)16-15(21)17-13-7-9-14(10-8-13)18(19)20/h2-11H,1H3,(H2,16,17,21)/t11-/m1/s1. The van der Waals surface area contributed by atoms with E-state index in [9.17, 15) is 10.1 Å². The van der Waals surface area contributed by atoms with Gasteiger partial charge >= 0.3 is 0 Å². The zero-order valence-corrected chi connectivity index (χ0v) is 12.3. The van der Waals surface area contributed by atoms with Crippen molar-refractivity contribution in [3.05, 3.63) is 70.3 Å². The van der Waals surface area contributed by atoms with Gasteiger partial charge in [-0.1, -0.05) is 30.3 Å². The van der Waals surface area contributed by atoms with Crippen LogP contribution in [-0.4, -0.2) is 10.0 Å². The molecule has 0 radical (unpaired) electrons. The van der Waals surface area contributed by atoms with E-state index in [0.29, 0.717) is 10.8 Å². The molecule has 5 nitrogen and oxygen atoms in total. The van der Waals surface area contributed by atoms with Crippen molar-refractivity contribution < 1.29 is 4.92 Å². The highest BCUT2D eigenvalue weighted by atomic mass is 32.1. The van der Waals surface area contributed by atoms with Gasteiger partial charge in [-0.3, -0.25) is 10.1 Å². The molecule has 0 unspecified atom stereocenters. The number of anilines is 1. The monoisotopic (exact) mass is 301 g/mol. The van der Waals surface area contributed by atoms with Crippen molar-refractivity contribution in [2.75, 3.05) is 5.32 Å². The second-order valence-electron chi connectivity index (χ2n) is 4.53. The summed E-state index contributed by atoms with van der Waals surface area (Å²) in [6, 6.07) is 16.1. The third kappa shape index (κ3) is 4.25. The first-order chi connectivity index (χ1) is 10.1. The van der Waals surface area contributed by atoms with E-state index in [1.807, 2.05) is 37.3 Å². The van der Waals surface area contributed by atoms with Crippen LogP contribution in [0, 0.1) is 10.1 Å². The molecule has 21 heavy (non-hydrogen) atoms. The summed E-state index contributed by atoms with van der Waals surface area (Å²) >= 11 is 5.24. The average molecular weight is 301 g/mol. The van der Waals surface area contributed by atoms with E-state index in [1.54, 1.807) is 12.1 Å². The second kappa shape index (κ2) is 6.81. The molecule has 0 aliphatic carbocycles. The fourth-order valence-corrected chi connectivity index (χ4v) is 2.15. The molecule has 0 saturated carbocycles. The highest BCUT2D eigenvalue weighted by Crippen LogP contribution is 2.16. The average Bonchev–Trinajstić information content (AvgIpc) is 2.48. The van der Waals surface area contributed by atoms with E-state index >= 15 is 0 Å². The summed E-state index contributed by atoms with van der Waals surface area (Å²) in [5.41, 5.74) is 1.89. The van der Waals surface area contributed by atoms with Crippen molar-refractivity contribution in [3.8, 4) is 0 Å². The van der Waals surface area contributed by atoms with Crippen molar-refractivity contribution in [1.82, 2.24) is 5.32 Å². The molecule has 0 heterocycles. The number of thiocarbonyl (C=S) groups is 1. The zero-order valence-electron chi connectivity index (χ0n) is 11.4. The van der Waals surface area contributed by atoms with Crippen LogP contribution in [0.5, 0.6) is 0 Å². The highest BCUT2D eigenvalue weighted by Gasteiger charge is 2.08. The van der Waals surface area contributed by atoms with Crippen LogP contribution in [0.2, 0.25) is 0 Å². The summed E-state index contributed by atoms with van der Waals surface area (Å²) in [6.45, 7) is 2.01. The van der Waals surface area contributed by atoms with Gasteiger partial charge in [0.25, 0.3) is 5.69 Å². The van der Waals surface area contributed by atoms with Crippen LogP contribution in [-0.2, 0) is 0 Å². The smallest absolute Gasteiger partial charge is 0.269 e. The lowest BCUT2D eigenvalue weighted by Crippen LogP contribution is -2.30. The molecular weight excluding hydrogens is 286 g/mol. The molecule has 0 aromatic heterocycles. The predicted molar refractivity (Wildman–Crippen MR) is 87.3 cm³/mol. The van der Waals surface area contributed by atoms with Gasteiger partial charge in [0.2, 0.25) is 0 Å². The maximum Gasteiger partial charge on any atom is 0.269 e. The number of nitro benzene ring substituents is 1. The second-order valence-corrected chi connectivity index (χ2v) is 4.94. The molecule has 2 aromatic carbocycles. The third-order valence-corrected chi connectivity index (χ3v) is 3.20. The largest absolute Gasteiger partial charge is 0.356 e. The molecule has 0 saturated heterocycles. The van der Waals surface area contributed by atoms with Crippen LogP contribution in [0.25, 0.3) is 0 Å². The molecule has 0 spiro atoms. The number of hydrogen-bond donors (Lipinski definition) is 2. The van der Waals surface area contributed by atoms with Crippen molar-refractivity contribution in [2.24, 2.45) is 0 Å². The van der Waals surface area contributed by atoms with Gasteiger partial charge in [-0.2, -0.15) is 0 Å². The quantitative estimate of drug-likeness (QED) is 0.512. The lowest BCUT2D eigenvalue weighted by Gasteiger charge is -2.17. The first-order valence-corrected chi connectivity index (χ1v) is 6.84. The first kappa shape index (κ1) is 14.9. The van der Waals surface area contributed by atoms with E-state index < -0.39 is 4.92 Å². The lowest BCUT2D eigenvalue weighted by molar-refractivity contribution is -0.384. The minimum atomic E-state index is -0.433. The Kier molecular flexibility index (Phi) is 4.84. The van der Waals surface area contributed by atoms with E-state index in [2.05, 4.69) is 10.6 Å². The molecule has 1 atom stereocenters. The third-order valence-electron chi connectivity index (χ3n) is 2.98. The van der Waals surface area contributed by atoms with Gasteiger partial charge < -0.3 is 10.6 Å². The van der Waals surface area contributed by atoms with Gasteiger partial charge in [0, 0.05) is 17.8 Å². The van der Waals surface area contributed by atoms with Crippen molar-refractivity contribution in [3.63, 3.8) is 0 Å². The van der Waals surface area contributed by atoms with Crippen molar-refractivity contribution in [1.29, 1.82) is 0 Å². The number of nitro groups is 1. The number of nitrogens with zero attached hydrogens (tertiary/aromatic N) is 1. The van der Waals surface area contributed by atoms with Gasteiger partial charge in [0.15, 0.2) is 5.11 Å². The Labute approximate surface area is 128 Å². The Hall–Kier alpha value is -2.47. The number of benzene rings is 2. The van der Waals surface area contributed by atoms with Gasteiger partial charge in [-0.05, 0) is 36.8 Å². The summed E-state index contributed by atoms with van der Waals surface area (Å²) in [6.07, 6.45) is 0. The van der Waals surface area contributed by atoms with Crippen LogP contribution >= 0.6 is 12.2 Å². The van der Waals surface area contributed by atoms with Crippen molar-refractivity contribution >= 4 is 28.7 Å². The molecule has 6 heteroatoms. The SMILES string of the molecule is C[C@@H](NC(=S)Nc1ccc([N+](=O)[O-])cc1)c1ccccc1. The Morgan fingerprint density at radius 2 is 1.76 bits per heavy atom. The molecule has 2 N–H and O–H groups in total. The topological polar surface area (TPSA) is 67.2 Å². The van der Waals surface area contributed by atoms with Crippen LogP contribution in [0.3, 0.4) is 0 Å². The lowest BCUT2D eigenvalue weighted by atomic mass is 10.1. The van der Waals surface area contributed by atoms with E-state index in [1.165, 1.54) is 12.1 Å². The zero-order chi connectivity index (χ0) is 15.2. The fourth-order valence-electron chi connectivity index (χ4n) is 1.86. The molecule has 2 aromatic rings.